The zero-order chi connectivity index (χ0) is 22.9. The molecule has 1 heterocycles. The van der Waals surface area contributed by atoms with Crippen LogP contribution in [0.15, 0.2) is 60.7 Å². The number of aliphatic carboxylic acids is 1. The minimum atomic E-state index is -0.803. The molecule has 0 saturated heterocycles. The van der Waals surface area contributed by atoms with Crippen LogP contribution < -0.4 is 9.47 Å². The second kappa shape index (κ2) is 8.65. The van der Waals surface area contributed by atoms with Gasteiger partial charge in [0.1, 0.15) is 29.5 Å². The van der Waals surface area contributed by atoms with Gasteiger partial charge < -0.3 is 14.6 Å². The quantitative estimate of drug-likeness (QED) is 0.492. The van der Waals surface area contributed by atoms with E-state index in [0.29, 0.717) is 18.8 Å². The molecule has 4 nitrogen and oxygen atoms in total. The molecule has 0 saturated carbocycles. The number of ether oxygens (including phenoxy) is 2. The van der Waals surface area contributed by atoms with Crippen molar-refractivity contribution in [3.8, 4) is 22.6 Å². The molecule has 3 aromatic rings. The van der Waals surface area contributed by atoms with E-state index in [1.54, 1.807) is 19.1 Å². The van der Waals surface area contributed by atoms with Crippen molar-refractivity contribution in [1.82, 2.24) is 0 Å². The van der Waals surface area contributed by atoms with E-state index in [0.717, 1.165) is 40.0 Å². The Hall–Kier alpha value is -3.34. The largest absolute Gasteiger partial charge is 0.489 e. The predicted molar refractivity (Wildman–Crippen MR) is 122 cm³/mol. The summed E-state index contributed by atoms with van der Waals surface area (Å²) in [5, 5.41) is 9.09. The molecule has 1 N–H and O–H groups in total. The highest BCUT2D eigenvalue weighted by Crippen LogP contribution is 2.41. The zero-order valence-corrected chi connectivity index (χ0v) is 18.5. The second-order valence-electron chi connectivity index (χ2n) is 9.05. The SMILES string of the molecule is CC(Cc1ccc(OCc2cc(-c3ccc(F)cc3)cc3c2OC(C)(C)C3)cc1)C(=O)O. The van der Waals surface area contributed by atoms with Gasteiger partial charge in [0.15, 0.2) is 0 Å². The molecule has 0 aliphatic carbocycles. The van der Waals surface area contributed by atoms with Crippen LogP contribution in [0.5, 0.6) is 11.5 Å². The van der Waals surface area contributed by atoms with Crippen LogP contribution in [0.1, 0.15) is 37.5 Å². The van der Waals surface area contributed by atoms with Gasteiger partial charge in [0, 0.05) is 12.0 Å². The van der Waals surface area contributed by atoms with Gasteiger partial charge in [-0.2, -0.15) is 0 Å². The molecule has 0 aromatic heterocycles. The fraction of sp³-hybridized carbons (Fsp3) is 0.296. The number of benzene rings is 3. The Morgan fingerprint density at radius 3 is 2.44 bits per heavy atom. The molecule has 1 unspecified atom stereocenters. The van der Waals surface area contributed by atoms with Crippen LogP contribution in [0.25, 0.3) is 11.1 Å². The normalized spacial score (nSPS) is 15.0. The number of carbonyl (C=O) groups is 1. The number of carboxylic acid groups (broad SMARTS) is 1. The highest BCUT2D eigenvalue weighted by Gasteiger charge is 2.32. The summed E-state index contributed by atoms with van der Waals surface area (Å²) in [5.41, 5.74) is 4.67. The van der Waals surface area contributed by atoms with Gasteiger partial charge in [-0.3, -0.25) is 4.79 Å². The van der Waals surface area contributed by atoms with Gasteiger partial charge in [-0.05, 0) is 78.9 Å². The van der Waals surface area contributed by atoms with E-state index in [9.17, 15) is 9.18 Å². The summed E-state index contributed by atoms with van der Waals surface area (Å²) in [5.74, 6) is 0.0639. The van der Waals surface area contributed by atoms with Gasteiger partial charge >= 0.3 is 5.97 Å². The summed E-state index contributed by atoms with van der Waals surface area (Å²) in [6.45, 7) is 6.15. The number of halogens is 1. The topological polar surface area (TPSA) is 55.8 Å². The molecule has 0 amide bonds. The smallest absolute Gasteiger partial charge is 0.306 e. The lowest BCUT2D eigenvalue weighted by Crippen LogP contribution is -2.25. The highest BCUT2D eigenvalue weighted by molar-refractivity contribution is 5.70. The van der Waals surface area contributed by atoms with Gasteiger partial charge in [0.2, 0.25) is 0 Å². The van der Waals surface area contributed by atoms with Gasteiger partial charge in [0.05, 0.1) is 5.92 Å². The first kappa shape index (κ1) is 21.9. The lowest BCUT2D eigenvalue weighted by Gasteiger charge is -2.18. The predicted octanol–water partition coefficient (Wildman–Crippen LogP) is 6.05. The van der Waals surface area contributed by atoms with Crippen LogP contribution in [0.4, 0.5) is 4.39 Å². The third-order valence-electron chi connectivity index (χ3n) is 5.70. The van der Waals surface area contributed by atoms with Crippen LogP contribution in [0.3, 0.4) is 0 Å². The van der Waals surface area contributed by atoms with E-state index in [2.05, 4.69) is 19.9 Å². The Kier molecular flexibility index (Phi) is 5.92. The van der Waals surface area contributed by atoms with Crippen molar-refractivity contribution >= 4 is 5.97 Å². The Bertz CT molecular complexity index is 1120. The average molecular weight is 435 g/mol. The lowest BCUT2D eigenvalue weighted by atomic mass is 9.95. The maximum absolute atomic E-state index is 13.4. The Balaban J connectivity index is 1.55. The van der Waals surface area contributed by atoms with Crippen molar-refractivity contribution in [2.75, 3.05) is 0 Å². The van der Waals surface area contributed by atoms with Crippen molar-refractivity contribution in [2.24, 2.45) is 5.92 Å². The molecule has 32 heavy (non-hydrogen) atoms. The first-order chi connectivity index (χ1) is 15.2. The summed E-state index contributed by atoms with van der Waals surface area (Å²) in [4.78, 5) is 11.1. The molecule has 1 aliphatic heterocycles. The standard InChI is InChI=1S/C27H27FO4/c1-17(26(29)30)12-18-4-10-24(11-5-18)31-16-22-14-20(19-6-8-23(28)9-7-19)13-21-15-27(2,3)32-25(21)22/h4-11,13-14,17H,12,15-16H2,1-3H3,(H,29,30). The number of carboxylic acids is 1. The lowest BCUT2D eigenvalue weighted by molar-refractivity contribution is -0.141. The molecule has 4 rings (SSSR count). The second-order valence-corrected chi connectivity index (χ2v) is 9.05. The Labute approximate surface area is 187 Å². The molecule has 1 atom stereocenters. The molecular formula is C27H27FO4. The van der Waals surface area contributed by atoms with Crippen molar-refractivity contribution < 1.29 is 23.8 Å². The minimum Gasteiger partial charge on any atom is -0.489 e. The van der Waals surface area contributed by atoms with Crippen LogP contribution in [-0.4, -0.2) is 16.7 Å². The number of rotatable bonds is 7. The van der Waals surface area contributed by atoms with Crippen LogP contribution in [0, 0.1) is 11.7 Å². The number of hydrogen-bond donors (Lipinski definition) is 1. The van der Waals surface area contributed by atoms with Crippen molar-refractivity contribution in [3.05, 3.63) is 83.2 Å². The van der Waals surface area contributed by atoms with Crippen molar-refractivity contribution in [1.29, 1.82) is 0 Å². The molecule has 0 radical (unpaired) electrons. The summed E-state index contributed by atoms with van der Waals surface area (Å²) in [6.07, 6.45) is 1.27. The van der Waals surface area contributed by atoms with E-state index < -0.39 is 11.9 Å². The molecular weight excluding hydrogens is 407 g/mol. The fourth-order valence-corrected chi connectivity index (χ4v) is 4.03. The van der Waals surface area contributed by atoms with Crippen LogP contribution in [-0.2, 0) is 24.2 Å². The maximum Gasteiger partial charge on any atom is 0.306 e. The first-order valence-electron chi connectivity index (χ1n) is 10.8. The molecule has 166 valence electrons. The molecule has 0 bridgehead atoms. The summed E-state index contributed by atoms with van der Waals surface area (Å²) < 4.78 is 25.6. The van der Waals surface area contributed by atoms with Crippen molar-refractivity contribution in [3.63, 3.8) is 0 Å². The number of hydrogen-bond acceptors (Lipinski definition) is 3. The van der Waals surface area contributed by atoms with Gasteiger partial charge in [-0.1, -0.05) is 31.2 Å². The third-order valence-corrected chi connectivity index (χ3v) is 5.70. The zero-order valence-electron chi connectivity index (χ0n) is 18.5. The summed E-state index contributed by atoms with van der Waals surface area (Å²) >= 11 is 0. The molecule has 5 heteroatoms. The van der Waals surface area contributed by atoms with Gasteiger partial charge in [-0.25, -0.2) is 4.39 Å². The monoisotopic (exact) mass is 434 g/mol. The summed E-state index contributed by atoms with van der Waals surface area (Å²) in [7, 11) is 0. The molecule has 1 aliphatic rings. The minimum absolute atomic E-state index is 0.260. The average Bonchev–Trinajstić information content (AvgIpc) is 3.07. The van der Waals surface area contributed by atoms with E-state index >= 15 is 0 Å². The highest BCUT2D eigenvalue weighted by atomic mass is 19.1. The first-order valence-corrected chi connectivity index (χ1v) is 10.8. The van der Waals surface area contributed by atoms with E-state index in [1.165, 1.54) is 12.1 Å². The van der Waals surface area contributed by atoms with Crippen LogP contribution >= 0.6 is 0 Å². The van der Waals surface area contributed by atoms with Gasteiger partial charge in [-0.15, -0.1) is 0 Å². The maximum atomic E-state index is 13.4. The fourth-order valence-electron chi connectivity index (χ4n) is 4.03. The van der Waals surface area contributed by atoms with Crippen molar-refractivity contribution in [2.45, 2.75) is 45.8 Å². The van der Waals surface area contributed by atoms with E-state index in [4.69, 9.17) is 14.6 Å². The summed E-state index contributed by atoms with van der Waals surface area (Å²) in [6, 6.07) is 18.1. The van der Waals surface area contributed by atoms with E-state index in [1.807, 2.05) is 30.3 Å². The third kappa shape index (κ3) is 4.93. The Morgan fingerprint density at radius 2 is 1.78 bits per heavy atom. The molecule has 0 spiro atoms. The van der Waals surface area contributed by atoms with Gasteiger partial charge in [0.25, 0.3) is 0 Å². The van der Waals surface area contributed by atoms with Crippen LogP contribution in [0.2, 0.25) is 0 Å². The Morgan fingerprint density at radius 1 is 1.09 bits per heavy atom. The number of fused-ring (bicyclic) bond motifs is 1. The molecule has 0 fully saturated rings. The van der Waals surface area contributed by atoms with E-state index in [-0.39, 0.29) is 11.4 Å². The molecule has 3 aromatic carbocycles.